The van der Waals surface area contributed by atoms with Gasteiger partial charge in [-0.05, 0) is 45.0 Å². The van der Waals surface area contributed by atoms with Crippen molar-refractivity contribution in [2.75, 3.05) is 19.6 Å². The van der Waals surface area contributed by atoms with E-state index in [0.29, 0.717) is 6.54 Å². The van der Waals surface area contributed by atoms with Gasteiger partial charge in [0.25, 0.3) is 10.0 Å². The number of carbonyl (C=O) groups is 1. The maximum absolute atomic E-state index is 12.2. The van der Waals surface area contributed by atoms with E-state index >= 15 is 0 Å². The van der Waals surface area contributed by atoms with Crippen molar-refractivity contribution in [2.45, 2.75) is 30.8 Å². The molecule has 2 heterocycles. The molecule has 1 aromatic heterocycles. The molecule has 0 bridgehead atoms. The van der Waals surface area contributed by atoms with Crippen LogP contribution in [0.3, 0.4) is 0 Å². The minimum Gasteiger partial charge on any atom is -0.478 e. The van der Waals surface area contributed by atoms with E-state index in [0.717, 1.165) is 32.1 Å². The summed E-state index contributed by atoms with van der Waals surface area (Å²) in [6.45, 7) is 4.46. The second-order valence-corrected chi connectivity index (χ2v) is 6.88. The fourth-order valence-corrected chi connectivity index (χ4v) is 3.54. The molecule has 2 N–H and O–H groups in total. The number of likely N-dealkylation sites (tertiary alicyclic amines) is 1. The van der Waals surface area contributed by atoms with Crippen molar-refractivity contribution >= 4 is 16.0 Å². The predicted molar refractivity (Wildman–Crippen MR) is 76.7 cm³/mol. The first-order chi connectivity index (χ1) is 9.88. The summed E-state index contributed by atoms with van der Waals surface area (Å²) in [6.07, 6.45) is 3.34. The lowest BCUT2D eigenvalue weighted by molar-refractivity contribution is 0.0696. The standard InChI is InChI=1S/C13H19N3O4S/c1-10(9-16-6-2-3-7-16)15-21(19,20)12-5-4-11(8-14-12)13(17)18/h4-5,8,10,15H,2-3,6-7,9H2,1H3,(H,17,18). The molecule has 0 saturated carbocycles. The Morgan fingerprint density at radius 2 is 2.10 bits per heavy atom. The Labute approximate surface area is 124 Å². The van der Waals surface area contributed by atoms with Crippen LogP contribution in [0.25, 0.3) is 0 Å². The van der Waals surface area contributed by atoms with Crippen molar-refractivity contribution in [1.82, 2.24) is 14.6 Å². The van der Waals surface area contributed by atoms with Crippen molar-refractivity contribution in [1.29, 1.82) is 0 Å². The first-order valence-electron chi connectivity index (χ1n) is 6.82. The summed E-state index contributed by atoms with van der Waals surface area (Å²) in [5.41, 5.74) is -0.0425. The zero-order chi connectivity index (χ0) is 15.5. The van der Waals surface area contributed by atoms with E-state index in [-0.39, 0.29) is 16.6 Å². The van der Waals surface area contributed by atoms with Crippen LogP contribution >= 0.6 is 0 Å². The number of hydrogen-bond acceptors (Lipinski definition) is 5. The average Bonchev–Trinajstić information content (AvgIpc) is 2.90. The van der Waals surface area contributed by atoms with Crippen LogP contribution in [0, 0.1) is 0 Å². The molecule has 0 amide bonds. The molecule has 0 spiro atoms. The molecule has 0 radical (unpaired) electrons. The van der Waals surface area contributed by atoms with Gasteiger partial charge in [-0.1, -0.05) is 0 Å². The van der Waals surface area contributed by atoms with E-state index in [4.69, 9.17) is 5.11 Å². The van der Waals surface area contributed by atoms with E-state index in [1.54, 1.807) is 0 Å². The molecule has 1 saturated heterocycles. The van der Waals surface area contributed by atoms with Crippen LogP contribution in [0.2, 0.25) is 0 Å². The zero-order valence-electron chi connectivity index (χ0n) is 11.8. The van der Waals surface area contributed by atoms with E-state index < -0.39 is 16.0 Å². The Bertz CT molecular complexity index is 594. The Balaban J connectivity index is 2.01. The summed E-state index contributed by atoms with van der Waals surface area (Å²) < 4.78 is 26.9. The topological polar surface area (TPSA) is 99.6 Å². The van der Waals surface area contributed by atoms with Crippen molar-refractivity contribution in [3.8, 4) is 0 Å². The van der Waals surface area contributed by atoms with Crippen LogP contribution in [0.15, 0.2) is 23.4 Å². The summed E-state index contributed by atoms with van der Waals surface area (Å²) >= 11 is 0. The summed E-state index contributed by atoms with van der Waals surface area (Å²) in [5, 5.41) is 8.61. The van der Waals surface area contributed by atoms with E-state index in [9.17, 15) is 13.2 Å². The van der Waals surface area contributed by atoms with Crippen molar-refractivity contribution in [2.24, 2.45) is 0 Å². The Hall–Kier alpha value is -1.51. The molecule has 1 aromatic rings. The SMILES string of the molecule is CC(CN1CCCC1)NS(=O)(=O)c1ccc(C(=O)O)cn1. The number of aromatic carboxylic acids is 1. The van der Waals surface area contributed by atoms with Crippen molar-refractivity contribution in [3.63, 3.8) is 0 Å². The maximum Gasteiger partial charge on any atom is 0.337 e. The molecule has 7 nitrogen and oxygen atoms in total. The number of carboxylic acid groups (broad SMARTS) is 1. The molecule has 1 aliphatic heterocycles. The molecule has 2 rings (SSSR count). The number of sulfonamides is 1. The molecular formula is C13H19N3O4S. The quantitative estimate of drug-likeness (QED) is 0.795. The third kappa shape index (κ3) is 4.23. The third-order valence-electron chi connectivity index (χ3n) is 3.35. The number of carboxylic acids is 1. The van der Waals surface area contributed by atoms with Crippen molar-refractivity contribution < 1.29 is 18.3 Å². The highest BCUT2D eigenvalue weighted by Gasteiger charge is 2.22. The van der Waals surface area contributed by atoms with E-state index in [1.807, 2.05) is 6.92 Å². The lowest BCUT2D eigenvalue weighted by atomic mass is 10.3. The molecule has 21 heavy (non-hydrogen) atoms. The molecule has 0 aromatic carbocycles. The Morgan fingerprint density at radius 3 is 2.62 bits per heavy atom. The van der Waals surface area contributed by atoms with Gasteiger partial charge in [0.15, 0.2) is 5.03 Å². The van der Waals surface area contributed by atoms with Gasteiger partial charge in [0.1, 0.15) is 0 Å². The lowest BCUT2D eigenvalue weighted by Crippen LogP contribution is -2.41. The summed E-state index contributed by atoms with van der Waals surface area (Å²) in [6, 6.07) is 2.21. The van der Waals surface area contributed by atoms with Crippen LogP contribution in [0.1, 0.15) is 30.1 Å². The summed E-state index contributed by atoms with van der Waals surface area (Å²) in [5.74, 6) is -1.14. The lowest BCUT2D eigenvalue weighted by Gasteiger charge is -2.20. The average molecular weight is 313 g/mol. The van der Waals surface area contributed by atoms with Gasteiger partial charge in [0, 0.05) is 18.8 Å². The second-order valence-electron chi connectivity index (χ2n) is 5.22. The largest absolute Gasteiger partial charge is 0.478 e. The minimum atomic E-state index is -3.72. The summed E-state index contributed by atoms with van der Waals surface area (Å²) in [4.78, 5) is 16.7. The van der Waals surface area contributed by atoms with Crippen LogP contribution in [-0.2, 0) is 10.0 Å². The van der Waals surface area contributed by atoms with Gasteiger partial charge in [-0.25, -0.2) is 22.9 Å². The normalized spacial score (nSPS) is 17.8. The minimum absolute atomic E-state index is 0.0425. The second kappa shape index (κ2) is 6.50. The van der Waals surface area contributed by atoms with Crippen LogP contribution < -0.4 is 4.72 Å². The predicted octanol–water partition coefficient (Wildman–Crippen LogP) is 0.542. The first kappa shape index (κ1) is 15.9. The maximum atomic E-state index is 12.2. The van der Waals surface area contributed by atoms with Gasteiger partial charge in [-0.3, -0.25) is 0 Å². The fraction of sp³-hybridized carbons (Fsp3) is 0.538. The molecule has 1 aliphatic rings. The van der Waals surface area contributed by atoms with E-state index in [1.165, 1.54) is 12.1 Å². The molecular weight excluding hydrogens is 294 g/mol. The molecule has 1 atom stereocenters. The number of hydrogen-bond donors (Lipinski definition) is 2. The number of aromatic nitrogens is 1. The first-order valence-corrected chi connectivity index (χ1v) is 8.31. The molecule has 8 heteroatoms. The highest BCUT2D eigenvalue weighted by molar-refractivity contribution is 7.89. The summed E-state index contributed by atoms with van der Waals surface area (Å²) in [7, 11) is -3.72. The van der Waals surface area contributed by atoms with E-state index in [2.05, 4.69) is 14.6 Å². The monoisotopic (exact) mass is 313 g/mol. The van der Waals surface area contributed by atoms with Crippen LogP contribution in [-0.4, -0.2) is 55.1 Å². The smallest absolute Gasteiger partial charge is 0.337 e. The number of nitrogens with one attached hydrogen (secondary N) is 1. The van der Waals surface area contributed by atoms with Crippen LogP contribution in [0.4, 0.5) is 0 Å². The van der Waals surface area contributed by atoms with Crippen molar-refractivity contribution in [3.05, 3.63) is 23.9 Å². The molecule has 0 aliphatic carbocycles. The number of rotatable bonds is 6. The number of nitrogens with zero attached hydrogens (tertiary/aromatic N) is 2. The van der Waals surface area contributed by atoms with Gasteiger partial charge in [-0.15, -0.1) is 0 Å². The van der Waals surface area contributed by atoms with Gasteiger partial charge in [-0.2, -0.15) is 0 Å². The van der Waals surface area contributed by atoms with Crippen LogP contribution in [0.5, 0.6) is 0 Å². The highest BCUT2D eigenvalue weighted by atomic mass is 32.2. The Morgan fingerprint density at radius 1 is 1.43 bits per heavy atom. The Kier molecular flexibility index (Phi) is 4.92. The molecule has 1 fully saturated rings. The fourth-order valence-electron chi connectivity index (χ4n) is 2.38. The molecule has 1 unspecified atom stereocenters. The van der Waals surface area contributed by atoms with Gasteiger partial charge >= 0.3 is 5.97 Å². The highest BCUT2D eigenvalue weighted by Crippen LogP contribution is 2.10. The van der Waals surface area contributed by atoms with Gasteiger partial charge < -0.3 is 10.0 Å². The number of pyridine rings is 1. The zero-order valence-corrected chi connectivity index (χ0v) is 12.6. The molecule has 116 valence electrons. The van der Waals surface area contributed by atoms with Gasteiger partial charge in [0.05, 0.1) is 5.56 Å². The third-order valence-corrected chi connectivity index (χ3v) is 4.85. The van der Waals surface area contributed by atoms with Gasteiger partial charge in [0.2, 0.25) is 0 Å².